The molecule has 2 aromatic carbocycles. The Balaban J connectivity index is 1.96. The Kier molecular flexibility index (Phi) is 7.06. The van der Waals surface area contributed by atoms with E-state index in [1.165, 1.54) is 43.6 Å². The van der Waals surface area contributed by atoms with Gasteiger partial charge in [-0.15, -0.1) is 0 Å². The maximum atomic E-state index is 13.4. The molecule has 0 aliphatic rings. The smallest absolute Gasteiger partial charge is 0.414 e. The third-order valence-electron chi connectivity index (χ3n) is 5.03. The first kappa shape index (κ1) is 23.6. The highest BCUT2D eigenvalue weighted by atomic mass is 35.5. The van der Waals surface area contributed by atoms with Gasteiger partial charge >= 0.3 is 12.1 Å². The Morgan fingerprint density at radius 1 is 1.12 bits per heavy atom. The van der Waals surface area contributed by atoms with Crippen LogP contribution in [0.2, 0.25) is 5.02 Å². The lowest BCUT2D eigenvalue weighted by Crippen LogP contribution is -2.35. The van der Waals surface area contributed by atoms with Crippen LogP contribution in [0.15, 0.2) is 60.8 Å². The predicted octanol–water partition coefficient (Wildman–Crippen LogP) is 5.36. The van der Waals surface area contributed by atoms with E-state index in [4.69, 9.17) is 21.4 Å². The monoisotopic (exact) mass is 465 g/mol. The summed E-state index contributed by atoms with van der Waals surface area (Å²) in [5.74, 6) is -2.05. The first-order valence-corrected chi connectivity index (χ1v) is 9.85. The molecule has 0 fully saturated rings. The van der Waals surface area contributed by atoms with E-state index in [1.54, 1.807) is 24.3 Å². The van der Waals surface area contributed by atoms with Crippen LogP contribution in [0.1, 0.15) is 27.4 Å². The molecule has 0 saturated heterocycles. The number of hydrogen-bond acceptors (Lipinski definition) is 4. The highest BCUT2D eigenvalue weighted by molar-refractivity contribution is 6.31. The summed E-state index contributed by atoms with van der Waals surface area (Å²) in [6, 6.07) is 13.4. The Morgan fingerprint density at radius 3 is 2.38 bits per heavy atom. The minimum absolute atomic E-state index is 0.0520. The van der Waals surface area contributed by atoms with Gasteiger partial charge in [0, 0.05) is 22.7 Å². The van der Waals surface area contributed by atoms with Crippen molar-refractivity contribution in [3.05, 3.63) is 82.5 Å². The molecule has 0 amide bonds. The van der Waals surface area contributed by atoms with Crippen LogP contribution in [0.25, 0.3) is 11.3 Å². The quantitative estimate of drug-likeness (QED) is 0.491. The summed E-state index contributed by atoms with van der Waals surface area (Å²) in [5, 5.41) is 19.2. The van der Waals surface area contributed by atoms with Gasteiger partial charge in [-0.2, -0.15) is 13.2 Å². The van der Waals surface area contributed by atoms with Gasteiger partial charge < -0.3 is 14.9 Å². The molecule has 0 saturated carbocycles. The summed E-state index contributed by atoms with van der Waals surface area (Å²) < 4.78 is 45.4. The number of aliphatic hydroxyl groups excluding tert-OH is 1. The van der Waals surface area contributed by atoms with E-state index in [0.29, 0.717) is 22.6 Å². The van der Waals surface area contributed by atoms with E-state index >= 15 is 0 Å². The number of aliphatic hydroxyl groups is 1. The second kappa shape index (κ2) is 9.58. The number of aromatic nitrogens is 1. The van der Waals surface area contributed by atoms with Crippen LogP contribution in [0.4, 0.5) is 13.2 Å². The van der Waals surface area contributed by atoms with Gasteiger partial charge in [-0.3, -0.25) is 4.98 Å². The summed E-state index contributed by atoms with van der Waals surface area (Å²) in [4.78, 5) is 15.2. The molecule has 0 spiro atoms. The van der Waals surface area contributed by atoms with Crippen molar-refractivity contribution in [1.29, 1.82) is 0 Å². The fraction of sp³-hybridized carbons (Fsp3) is 0.217. The van der Waals surface area contributed by atoms with Gasteiger partial charge in [0.2, 0.25) is 0 Å². The van der Waals surface area contributed by atoms with Crippen molar-refractivity contribution in [3.8, 4) is 17.0 Å². The summed E-state index contributed by atoms with van der Waals surface area (Å²) in [6.45, 7) is 0. The minimum atomic E-state index is -4.85. The third kappa shape index (κ3) is 5.38. The Hall–Kier alpha value is -3.10. The van der Waals surface area contributed by atoms with E-state index in [9.17, 15) is 23.1 Å². The van der Waals surface area contributed by atoms with Gasteiger partial charge in [-0.25, -0.2) is 4.79 Å². The van der Waals surface area contributed by atoms with E-state index in [0.717, 1.165) is 0 Å². The van der Waals surface area contributed by atoms with Gasteiger partial charge in [0.15, 0.2) is 6.10 Å². The number of hydrogen-bond donors (Lipinski definition) is 2. The van der Waals surface area contributed by atoms with Crippen LogP contribution < -0.4 is 4.74 Å². The van der Waals surface area contributed by atoms with Crippen molar-refractivity contribution < 1.29 is 32.9 Å². The van der Waals surface area contributed by atoms with Crippen LogP contribution in [0.3, 0.4) is 0 Å². The molecule has 3 aromatic rings. The van der Waals surface area contributed by atoms with E-state index in [2.05, 4.69) is 4.98 Å². The highest BCUT2D eigenvalue weighted by Crippen LogP contribution is 2.38. The minimum Gasteiger partial charge on any atom is -0.497 e. The fourth-order valence-electron chi connectivity index (χ4n) is 3.35. The summed E-state index contributed by atoms with van der Waals surface area (Å²) in [7, 11) is 1.41. The van der Waals surface area contributed by atoms with Crippen LogP contribution in [-0.4, -0.2) is 40.6 Å². The molecular weight excluding hydrogens is 447 g/mol. The third-order valence-corrected chi connectivity index (χ3v) is 5.36. The molecule has 168 valence electrons. The topological polar surface area (TPSA) is 79.7 Å². The lowest BCUT2D eigenvalue weighted by atomic mass is 9.86. The molecule has 1 heterocycles. The average Bonchev–Trinajstić information content (AvgIpc) is 2.77. The number of methoxy groups -OCH3 is 1. The second-order valence-electron chi connectivity index (χ2n) is 7.12. The molecule has 0 radical (unpaired) electrons. The van der Waals surface area contributed by atoms with Crippen molar-refractivity contribution >= 4 is 17.6 Å². The maximum absolute atomic E-state index is 13.4. The number of aromatic carboxylic acids is 1. The predicted molar refractivity (Wildman–Crippen MR) is 113 cm³/mol. The Morgan fingerprint density at radius 2 is 1.81 bits per heavy atom. The molecule has 3 rings (SSSR count). The molecule has 5 nitrogen and oxygen atoms in total. The van der Waals surface area contributed by atoms with Crippen molar-refractivity contribution in [1.82, 2.24) is 4.98 Å². The molecular formula is C23H19ClF3NO4. The summed E-state index contributed by atoms with van der Waals surface area (Å²) in [5.41, 5.74) is 1.80. The number of carbonyl (C=O) groups is 1. The zero-order chi connectivity index (χ0) is 23.5. The zero-order valence-electron chi connectivity index (χ0n) is 16.8. The number of pyridine rings is 1. The molecule has 2 unspecified atom stereocenters. The fourth-order valence-corrected chi connectivity index (χ4v) is 3.66. The number of ether oxygens (including phenoxy) is 1. The van der Waals surface area contributed by atoms with E-state index in [-0.39, 0.29) is 22.6 Å². The van der Waals surface area contributed by atoms with Crippen LogP contribution >= 0.6 is 11.6 Å². The van der Waals surface area contributed by atoms with Gasteiger partial charge in [-0.05, 0) is 53.9 Å². The number of alkyl halides is 3. The molecule has 32 heavy (non-hydrogen) atoms. The van der Waals surface area contributed by atoms with Gasteiger partial charge in [0.25, 0.3) is 0 Å². The number of benzene rings is 2. The zero-order valence-corrected chi connectivity index (χ0v) is 17.6. The van der Waals surface area contributed by atoms with Crippen LogP contribution in [0, 0.1) is 0 Å². The van der Waals surface area contributed by atoms with Crippen molar-refractivity contribution in [2.75, 3.05) is 7.11 Å². The highest BCUT2D eigenvalue weighted by Gasteiger charge is 2.44. The molecule has 0 aliphatic carbocycles. The summed E-state index contributed by atoms with van der Waals surface area (Å²) >= 11 is 6.21. The summed E-state index contributed by atoms with van der Waals surface area (Å²) in [6.07, 6.45) is -6.20. The number of rotatable bonds is 7. The lowest BCUT2D eigenvalue weighted by Gasteiger charge is -2.26. The van der Waals surface area contributed by atoms with Gasteiger partial charge in [-0.1, -0.05) is 29.8 Å². The lowest BCUT2D eigenvalue weighted by molar-refractivity contribution is -0.210. The van der Waals surface area contributed by atoms with Crippen LogP contribution in [0.5, 0.6) is 5.75 Å². The average molecular weight is 466 g/mol. The number of halogens is 4. The largest absolute Gasteiger partial charge is 0.497 e. The number of carboxylic acid groups (broad SMARTS) is 1. The molecule has 2 N–H and O–H groups in total. The van der Waals surface area contributed by atoms with Gasteiger partial charge in [0.1, 0.15) is 5.75 Å². The molecule has 1 aromatic heterocycles. The first-order chi connectivity index (χ1) is 15.1. The Labute approximate surface area is 187 Å². The van der Waals surface area contributed by atoms with Crippen molar-refractivity contribution in [3.63, 3.8) is 0 Å². The van der Waals surface area contributed by atoms with Crippen molar-refractivity contribution in [2.45, 2.75) is 24.6 Å². The number of carboxylic acids is 1. The number of nitrogens with zero attached hydrogens (tertiary/aromatic N) is 1. The molecule has 2 atom stereocenters. The molecule has 0 aliphatic heterocycles. The van der Waals surface area contributed by atoms with E-state index in [1.807, 2.05) is 0 Å². The van der Waals surface area contributed by atoms with Crippen molar-refractivity contribution in [2.24, 2.45) is 0 Å². The standard InChI is InChI=1S/C23H19ClF3NO4/c1-32-16-6-7-17(19(24)12-16)18(21(29)23(25,26)27)10-13-8-9-28-20(11-13)14-2-4-15(5-3-14)22(30)31/h2-9,11-12,18,21,29H,10H2,1H3,(H,30,31). The SMILES string of the molecule is COc1ccc(C(Cc2ccnc(-c3ccc(C(=O)O)cc3)c2)C(O)C(F)(F)F)c(Cl)c1. The first-order valence-electron chi connectivity index (χ1n) is 9.47. The van der Waals surface area contributed by atoms with Gasteiger partial charge in [0.05, 0.1) is 18.4 Å². The van der Waals surface area contributed by atoms with E-state index < -0.39 is 24.2 Å². The molecule has 9 heteroatoms. The molecule has 0 bridgehead atoms. The second-order valence-corrected chi connectivity index (χ2v) is 7.52. The normalized spacial score (nSPS) is 13.4. The Bertz CT molecular complexity index is 1100. The maximum Gasteiger partial charge on any atom is 0.414 e. The van der Waals surface area contributed by atoms with Crippen LogP contribution in [-0.2, 0) is 6.42 Å².